The van der Waals surface area contributed by atoms with Crippen molar-refractivity contribution < 1.29 is 9.59 Å². The van der Waals surface area contributed by atoms with Crippen LogP contribution in [0.3, 0.4) is 0 Å². The molecule has 6 nitrogen and oxygen atoms in total. The maximum Gasteiger partial charge on any atom is 0.269 e. The van der Waals surface area contributed by atoms with Crippen LogP contribution in [0.5, 0.6) is 0 Å². The number of amides is 2. The molecule has 2 amide bonds. The molecule has 6 heteroatoms. The third kappa shape index (κ3) is 3.97. The van der Waals surface area contributed by atoms with Crippen molar-refractivity contribution >= 4 is 11.8 Å². The molecule has 1 saturated heterocycles. The predicted octanol–water partition coefficient (Wildman–Crippen LogP) is 2.92. The van der Waals surface area contributed by atoms with E-state index in [4.69, 9.17) is 5.73 Å². The Labute approximate surface area is 143 Å². The zero-order chi connectivity index (χ0) is 16.9. The van der Waals surface area contributed by atoms with Crippen LogP contribution in [0.2, 0.25) is 0 Å². The summed E-state index contributed by atoms with van der Waals surface area (Å²) in [6.45, 7) is 0.791. The lowest BCUT2D eigenvalue weighted by molar-refractivity contribution is -0.135. The zero-order valence-corrected chi connectivity index (χ0v) is 14.3. The van der Waals surface area contributed by atoms with E-state index in [2.05, 4.69) is 10.2 Å². The Hall–Kier alpha value is -1.85. The molecule has 3 N–H and O–H groups in total. The summed E-state index contributed by atoms with van der Waals surface area (Å²) in [5.74, 6) is 0.420. The molecule has 2 heterocycles. The Balaban J connectivity index is 1.62. The van der Waals surface area contributed by atoms with Crippen LogP contribution < -0.4 is 5.73 Å². The minimum Gasteiger partial charge on any atom is -0.364 e. The Kier molecular flexibility index (Phi) is 5.53. The van der Waals surface area contributed by atoms with Crippen LogP contribution in [0, 0.1) is 5.92 Å². The van der Waals surface area contributed by atoms with E-state index < -0.39 is 5.91 Å². The first-order valence-electron chi connectivity index (χ1n) is 9.29. The highest BCUT2D eigenvalue weighted by Gasteiger charge is 2.30. The maximum atomic E-state index is 12.8. The summed E-state index contributed by atoms with van der Waals surface area (Å²) >= 11 is 0. The molecule has 0 bridgehead atoms. The number of nitrogens with one attached hydrogen (secondary N) is 1. The third-order valence-electron chi connectivity index (χ3n) is 5.52. The number of carbonyl (C=O) groups excluding carboxylic acids is 2. The number of hydrogen-bond donors (Lipinski definition) is 2. The Morgan fingerprint density at radius 1 is 1.17 bits per heavy atom. The van der Waals surface area contributed by atoms with Gasteiger partial charge in [-0.05, 0) is 37.7 Å². The maximum absolute atomic E-state index is 12.8. The second kappa shape index (κ2) is 7.81. The van der Waals surface area contributed by atoms with E-state index in [-0.39, 0.29) is 17.6 Å². The van der Waals surface area contributed by atoms with Crippen molar-refractivity contribution in [2.75, 3.05) is 6.54 Å². The van der Waals surface area contributed by atoms with E-state index >= 15 is 0 Å². The molecule has 2 aliphatic rings. The molecule has 1 aromatic heterocycles. The van der Waals surface area contributed by atoms with Crippen LogP contribution in [0.4, 0.5) is 0 Å². The minimum absolute atomic E-state index is 0.00166. The lowest BCUT2D eigenvalue weighted by Crippen LogP contribution is -2.38. The van der Waals surface area contributed by atoms with Gasteiger partial charge in [-0.25, -0.2) is 0 Å². The summed E-state index contributed by atoms with van der Waals surface area (Å²) in [6.07, 6.45) is 11.2. The quantitative estimate of drug-likeness (QED) is 0.868. The summed E-state index contributed by atoms with van der Waals surface area (Å²) in [5, 5.41) is 6.87. The SMILES string of the molecule is NC(=O)c1cc(C2CCCCN2C(=O)CCC2CCCCC2)[nH]n1. The van der Waals surface area contributed by atoms with Gasteiger partial charge in [-0.1, -0.05) is 32.1 Å². The highest BCUT2D eigenvalue weighted by molar-refractivity contribution is 5.90. The summed E-state index contributed by atoms with van der Waals surface area (Å²) in [7, 11) is 0. The third-order valence-corrected chi connectivity index (χ3v) is 5.52. The Bertz CT molecular complexity index is 577. The molecular weight excluding hydrogens is 304 g/mol. The number of hydrogen-bond acceptors (Lipinski definition) is 3. The number of carbonyl (C=O) groups is 2. The minimum atomic E-state index is -0.538. The number of rotatable bonds is 5. The molecule has 3 rings (SSSR count). The molecule has 2 fully saturated rings. The van der Waals surface area contributed by atoms with E-state index in [9.17, 15) is 9.59 Å². The van der Waals surface area contributed by atoms with Gasteiger partial charge in [0.2, 0.25) is 5.91 Å². The van der Waals surface area contributed by atoms with Crippen molar-refractivity contribution in [1.29, 1.82) is 0 Å². The lowest BCUT2D eigenvalue weighted by Gasteiger charge is -2.35. The molecule has 24 heavy (non-hydrogen) atoms. The lowest BCUT2D eigenvalue weighted by atomic mass is 9.86. The van der Waals surface area contributed by atoms with Crippen LogP contribution in [-0.4, -0.2) is 33.5 Å². The van der Waals surface area contributed by atoms with Crippen molar-refractivity contribution in [2.45, 2.75) is 70.3 Å². The number of nitrogens with zero attached hydrogens (tertiary/aromatic N) is 2. The fourth-order valence-corrected chi connectivity index (χ4v) is 4.13. The molecule has 1 aliphatic heterocycles. The van der Waals surface area contributed by atoms with Gasteiger partial charge in [-0.2, -0.15) is 5.10 Å². The van der Waals surface area contributed by atoms with Gasteiger partial charge in [0.25, 0.3) is 5.91 Å². The average Bonchev–Trinajstić information content (AvgIpc) is 3.11. The number of aromatic amines is 1. The highest BCUT2D eigenvalue weighted by Crippen LogP contribution is 2.32. The second-order valence-electron chi connectivity index (χ2n) is 7.21. The fourth-order valence-electron chi connectivity index (χ4n) is 4.13. The number of nitrogens with two attached hydrogens (primary N) is 1. The molecular formula is C18H28N4O2. The van der Waals surface area contributed by atoms with Crippen molar-refractivity contribution in [3.05, 3.63) is 17.5 Å². The van der Waals surface area contributed by atoms with E-state index in [0.29, 0.717) is 6.42 Å². The van der Waals surface area contributed by atoms with E-state index in [1.54, 1.807) is 6.07 Å². The molecule has 0 aromatic carbocycles. The van der Waals surface area contributed by atoms with Crippen molar-refractivity contribution in [3.63, 3.8) is 0 Å². The van der Waals surface area contributed by atoms with Crippen LogP contribution >= 0.6 is 0 Å². The Morgan fingerprint density at radius 3 is 2.62 bits per heavy atom. The standard InChI is InChI=1S/C18H28N4O2/c19-18(24)15-12-14(20-21-15)16-8-4-5-11-22(16)17(23)10-9-13-6-2-1-3-7-13/h12-13,16H,1-11H2,(H2,19,24)(H,20,21). The number of aromatic nitrogens is 2. The fraction of sp³-hybridized carbons (Fsp3) is 0.722. The first-order valence-corrected chi connectivity index (χ1v) is 9.29. The van der Waals surface area contributed by atoms with Crippen LogP contribution in [0.1, 0.15) is 86.4 Å². The molecule has 1 aliphatic carbocycles. The van der Waals surface area contributed by atoms with Gasteiger partial charge in [0, 0.05) is 13.0 Å². The Morgan fingerprint density at radius 2 is 1.92 bits per heavy atom. The van der Waals surface area contributed by atoms with Crippen molar-refractivity contribution in [3.8, 4) is 0 Å². The van der Waals surface area contributed by atoms with Crippen LogP contribution in [0.15, 0.2) is 6.07 Å². The number of H-pyrrole nitrogens is 1. The van der Waals surface area contributed by atoms with Gasteiger partial charge >= 0.3 is 0 Å². The summed E-state index contributed by atoms with van der Waals surface area (Å²) in [5.41, 5.74) is 6.35. The largest absolute Gasteiger partial charge is 0.364 e. The molecule has 1 unspecified atom stereocenters. The summed E-state index contributed by atoms with van der Waals surface area (Å²) in [4.78, 5) is 26.0. The van der Waals surface area contributed by atoms with Gasteiger partial charge in [0.05, 0.1) is 11.7 Å². The highest BCUT2D eigenvalue weighted by atomic mass is 16.2. The first kappa shape index (κ1) is 17.0. The van der Waals surface area contributed by atoms with E-state index in [0.717, 1.165) is 43.8 Å². The monoisotopic (exact) mass is 332 g/mol. The first-order chi connectivity index (χ1) is 11.6. The normalized spacial score (nSPS) is 22.5. The molecule has 1 aromatic rings. The van der Waals surface area contributed by atoms with Gasteiger partial charge in [-0.15, -0.1) is 0 Å². The number of piperidine rings is 1. The molecule has 0 spiro atoms. The topological polar surface area (TPSA) is 92.1 Å². The van der Waals surface area contributed by atoms with Gasteiger partial charge in [0.15, 0.2) is 0 Å². The van der Waals surface area contributed by atoms with Crippen LogP contribution in [0.25, 0.3) is 0 Å². The van der Waals surface area contributed by atoms with Crippen LogP contribution in [-0.2, 0) is 4.79 Å². The van der Waals surface area contributed by atoms with Crippen molar-refractivity contribution in [2.24, 2.45) is 11.7 Å². The van der Waals surface area contributed by atoms with Crippen molar-refractivity contribution in [1.82, 2.24) is 15.1 Å². The van der Waals surface area contributed by atoms with E-state index in [1.165, 1.54) is 32.1 Å². The summed E-state index contributed by atoms with van der Waals surface area (Å²) in [6, 6.07) is 1.69. The van der Waals surface area contributed by atoms with Gasteiger partial charge in [-0.3, -0.25) is 14.7 Å². The molecule has 0 radical (unpaired) electrons. The summed E-state index contributed by atoms with van der Waals surface area (Å²) < 4.78 is 0. The number of likely N-dealkylation sites (tertiary alicyclic amines) is 1. The van der Waals surface area contributed by atoms with Gasteiger partial charge < -0.3 is 10.6 Å². The van der Waals surface area contributed by atoms with Gasteiger partial charge in [0.1, 0.15) is 5.69 Å². The zero-order valence-electron chi connectivity index (χ0n) is 14.3. The molecule has 1 saturated carbocycles. The number of primary amides is 1. The molecule has 1 atom stereocenters. The van der Waals surface area contributed by atoms with E-state index in [1.807, 2.05) is 4.90 Å². The smallest absolute Gasteiger partial charge is 0.269 e. The predicted molar refractivity (Wildman–Crippen MR) is 91.2 cm³/mol. The molecule has 132 valence electrons. The second-order valence-corrected chi connectivity index (χ2v) is 7.21. The average molecular weight is 332 g/mol.